The molecule has 0 bridgehead atoms. The van der Waals surface area contributed by atoms with Crippen molar-refractivity contribution in [2.45, 2.75) is 13.0 Å². The number of nitrogens with zero attached hydrogens (tertiary/aromatic N) is 1. The van der Waals surface area contributed by atoms with E-state index in [1.54, 1.807) is 6.07 Å². The molecule has 0 spiro atoms. The number of benzene rings is 1. The molecule has 1 aromatic carbocycles. The largest absolute Gasteiger partial charge is 0.377 e. The van der Waals surface area contributed by atoms with Crippen LogP contribution in [0, 0.1) is 11.6 Å². The van der Waals surface area contributed by atoms with Gasteiger partial charge in [0, 0.05) is 5.69 Å². The van der Waals surface area contributed by atoms with Gasteiger partial charge in [-0.3, -0.25) is 4.98 Å². The molecule has 0 saturated carbocycles. The van der Waals surface area contributed by atoms with E-state index in [4.69, 9.17) is 23.2 Å². The summed E-state index contributed by atoms with van der Waals surface area (Å²) < 4.78 is 26.0. The Hall–Kier alpha value is -1.39. The minimum Gasteiger partial charge on any atom is -0.377 e. The number of nitrogens with one attached hydrogen (secondary N) is 1. The maximum atomic E-state index is 13.3. The van der Waals surface area contributed by atoms with Crippen molar-refractivity contribution in [1.82, 2.24) is 4.98 Å². The molecule has 19 heavy (non-hydrogen) atoms. The first kappa shape index (κ1) is 14.0. The molecule has 1 heterocycles. The zero-order chi connectivity index (χ0) is 14.0. The molecule has 1 aromatic heterocycles. The minimum atomic E-state index is -0.651. The van der Waals surface area contributed by atoms with Gasteiger partial charge in [-0.2, -0.15) is 0 Å². The molecule has 2 aromatic rings. The number of hydrogen-bond donors (Lipinski definition) is 1. The van der Waals surface area contributed by atoms with Crippen LogP contribution >= 0.6 is 23.2 Å². The second-order valence-corrected chi connectivity index (χ2v) is 4.84. The third-order valence-electron chi connectivity index (χ3n) is 2.56. The van der Waals surface area contributed by atoms with Crippen molar-refractivity contribution < 1.29 is 8.78 Å². The van der Waals surface area contributed by atoms with Crippen LogP contribution < -0.4 is 5.32 Å². The quantitative estimate of drug-likeness (QED) is 0.821. The van der Waals surface area contributed by atoms with Gasteiger partial charge >= 0.3 is 0 Å². The van der Waals surface area contributed by atoms with E-state index in [2.05, 4.69) is 10.3 Å². The van der Waals surface area contributed by atoms with E-state index in [0.717, 1.165) is 6.20 Å². The molecule has 0 aliphatic heterocycles. The normalized spacial score (nSPS) is 12.3. The van der Waals surface area contributed by atoms with Gasteiger partial charge in [0.05, 0.1) is 28.0 Å². The van der Waals surface area contributed by atoms with Crippen molar-refractivity contribution in [3.63, 3.8) is 0 Å². The molecular weight excluding hydrogens is 293 g/mol. The first-order chi connectivity index (χ1) is 8.97. The average Bonchev–Trinajstić information content (AvgIpc) is 2.36. The molecule has 0 saturated heterocycles. The van der Waals surface area contributed by atoms with Crippen molar-refractivity contribution in [3.05, 3.63) is 57.8 Å². The van der Waals surface area contributed by atoms with E-state index in [1.807, 2.05) is 6.92 Å². The van der Waals surface area contributed by atoms with E-state index in [0.29, 0.717) is 11.4 Å². The van der Waals surface area contributed by atoms with E-state index < -0.39 is 11.6 Å². The predicted octanol–water partition coefficient (Wildman–Crippen LogP) is 4.84. The van der Waals surface area contributed by atoms with E-state index >= 15 is 0 Å². The van der Waals surface area contributed by atoms with Crippen molar-refractivity contribution >= 4 is 28.9 Å². The summed E-state index contributed by atoms with van der Waals surface area (Å²) in [6.07, 6.45) is 1.14. The SMILES string of the molecule is CC(Nc1cc(Cl)c(F)c(Cl)c1)c1ccc(F)cn1. The molecule has 0 fully saturated rings. The van der Waals surface area contributed by atoms with Crippen LogP contribution in [0.15, 0.2) is 30.5 Å². The summed E-state index contributed by atoms with van der Waals surface area (Å²) >= 11 is 11.4. The van der Waals surface area contributed by atoms with Crippen LogP contribution in [0.2, 0.25) is 10.0 Å². The summed E-state index contributed by atoms with van der Waals surface area (Å²) in [5, 5.41) is 2.94. The number of halogens is 4. The van der Waals surface area contributed by atoms with Crippen LogP contribution in [0.25, 0.3) is 0 Å². The standard InChI is InChI=1S/C13H10Cl2F2N2/c1-7(12-3-2-8(16)6-18-12)19-9-4-10(14)13(17)11(15)5-9/h2-7,19H,1H3. The van der Waals surface area contributed by atoms with Gasteiger partial charge < -0.3 is 5.32 Å². The molecule has 0 amide bonds. The van der Waals surface area contributed by atoms with Gasteiger partial charge in [-0.15, -0.1) is 0 Å². The van der Waals surface area contributed by atoms with Crippen molar-refractivity contribution in [1.29, 1.82) is 0 Å². The van der Waals surface area contributed by atoms with Crippen molar-refractivity contribution in [2.24, 2.45) is 0 Å². The Morgan fingerprint density at radius 2 is 1.79 bits per heavy atom. The lowest BCUT2D eigenvalue weighted by Crippen LogP contribution is -2.08. The molecule has 100 valence electrons. The lowest BCUT2D eigenvalue weighted by Gasteiger charge is -2.15. The Kier molecular flexibility index (Phi) is 4.22. The lowest BCUT2D eigenvalue weighted by molar-refractivity contribution is 0.617. The number of hydrogen-bond acceptors (Lipinski definition) is 2. The zero-order valence-corrected chi connectivity index (χ0v) is 11.4. The highest BCUT2D eigenvalue weighted by Gasteiger charge is 2.11. The summed E-state index contributed by atoms with van der Waals surface area (Å²) in [5.41, 5.74) is 1.22. The molecule has 1 unspecified atom stereocenters. The fourth-order valence-corrected chi connectivity index (χ4v) is 2.09. The average molecular weight is 303 g/mol. The van der Waals surface area contributed by atoms with Gasteiger partial charge in [0.1, 0.15) is 5.82 Å². The summed E-state index contributed by atoms with van der Waals surface area (Å²) in [6.45, 7) is 1.84. The summed E-state index contributed by atoms with van der Waals surface area (Å²) in [7, 11) is 0. The minimum absolute atomic E-state index is 0.0609. The fourth-order valence-electron chi connectivity index (χ4n) is 1.61. The van der Waals surface area contributed by atoms with Crippen LogP contribution in [0.5, 0.6) is 0 Å². The predicted molar refractivity (Wildman–Crippen MR) is 72.7 cm³/mol. The molecule has 1 atom stereocenters. The van der Waals surface area contributed by atoms with Gasteiger partial charge in [0.2, 0.25) is 0 Å². The highest BCUT2D eigenvalue weighted by molar-refractivity contribution is 6.35. The number of aromatic nitrogens is 1. The van der Waals surface area contributed by atoms with Gasteiger partial charge in [0.15, 0.2) is 5.82 Å². The second kappa shape index (κ2) is 5.72. The van der Waals surface area contributed by atoms with Crippen LogP contribution in [-0.4, -0.2) is 4.98 Å². The summed E-state index contributed by atoms with van der Waals surface area (Å²) in [5.74, 6) is -1.05. The number of rotatable bonds is 3. The lowest BCUT2D eigenvalue weighted by atomic mass is 10.2. The first-order valence-corrected chi connectivity index (χ1v) is 6.25. The van der Waals surface area contributed by atoms with Gasteiger partial charge in [-0.25, -0.2) is 8.78 Å². The topological polar surface area (TPSA) is 24.9 Å². The second-order valence-electron chi connectivity index (χ2n) is 4.02. The van der Waals surface area contributed by atoms with Gasteiger partial charge in [-0.05, 0) is 31.2 Å². The van der Waals surface area contributed by atoms with Crippen LogP contribution in [0.4, 0.5) is 14.5 Å². The third kappa shape index (κ3) is 3.33. The van der Waals surface area contributed by atoms with Crippen molar-refractivity contribution in [2.75, 3.05) is 5.32 Å². The van der Waals surface area contributed by atoms with Crippen LogP contribution in [0.3, 0.4) is 0 Å². The van der Waals surface area contributed by atoms with Crippen LogP contribution in [0.1, 0.15) is 18.7 Å². The molecule has 0 aliphatic carbocycles. The Balaban J connectivity index is 2.19. The molecule has 1 N–H and O–H groups in total. The van der Waals surface area contributed by atoms with Crippen molar-refractivity contribution in [3.8, 4) is 0 Å². The van der Waals surface area contributed by atoms with Gasteiger partial charge in [-0.1, -0.05) is 23.2 Å². The smallest absolute Gasteiger partial charge is 0.160 e. The van der Waals surface area contributed by atoms with E-state index in [-0.39, 0.29) is 16.1 Å². The Morgan fingerprint density at radius 1 is 1.16 bits per heavy atom. The molecule has 0 radical (unpaired) electrons. The monoisotopic (exact) mass is 302 g/mol. The van der Waals surface area contributed by atoms with E-state index in [9.17, 15) is 8.78 Å². The Morgan fingerprint density at radius 3 is 2.32 bits per heavy atom. The third-order valence-corrected chi connectivity index (χ3v) is 3.11. The fraction of sp³-hybridized carbons (Fsp3) is 0.154. The molecule has 0 aliphatic rings. The van der Waals surface area contributed by atoms with Crippen LogP contribution in [-0.2, 0) is 0 Å². The first-order valence-electron chi connectivity index (χ1n) is 5.50. The molecule has 6 heteroatoms. The van der Waals surface area contributed by atoms with Gasteiger partial charge in [0.25, 0.3) is 0 Å². The highest BCUT2D eigenvalue weighted by Crippen LogP contribution is 2.29. The maximum Gasteiger partial charge on any atom is 0.160 e. The molecule has 2 rings (SSSR count). The van der Waals surface area contributed by atoms with E-state index in [1.165, 1.54) is 18.2 Å². The summed E-state index contributed by atoms with van der Waals surface area (Å²) in [6, 6.07) is 5.56. The zero-order valence-electron chi connectivity index (χ0n) is 9.92. The highest BCUT2D eigenvalue weighted by atomic mass is 35.5. The molecule has 2 nitrogen and oxygen atoms in total. The Labute approximate surface area is 119 Å². The maximum absolute atomic E-state index is 13.3. The number of anilines is 1. The Bertz CT molecular complexity index is 565. The number of pyridine rings is 1. The summed E-state index contributed by atoms with van der Waals surface area (Å²) in [4.78, 5) is 3.96. The molecular formula is C13H10Cl2F2N2.